The number of ether oxygens (including phenoxy) is 1. The molecule has 5 aromatic rings. The number of alkyl halides is 1. The van der Waals surface area contributed by atoms with E-state index in [1.807, 2.05) is 0 Å². The molecule has 4 aromatic heterocycles. The molecule has 0 radical (unpaired) electrons. The number of aromatic nitrogens is 7. The van der Waals surface area contributed by atoms with Gasteiger partial charge in [0.15, 0.2) is 11.5 Å². The number of nitrogens with zero attached hydrogens (tertiary/aromatic N) is 6. The van der Waals surface area contributed by atoms with E-state index in [-0.39, 0.29) is 58.2 Å². The number of fused-ring (bicyclic) bond motifs is 3. The number of hydrogen-bond acceptors (Lipinski definition) is 10. The van der Waals surface area contributed by atoms with Crippen molar-refractivity contribution < 1.29 is 17.9 Å². The van der Waals surface area contributed by atoms with Crippen LogP contribution in [0.25, 0.3) is 33.1 Å². The van der Waals surface area contributed by atoms with Crippen molar-refractivity contribution >= 4 is 33.4 Å². The van der Waals surface area contributed by atoms with Crippen molar-refractivity contribution in [3.8, 4) is 17.3 Å². The molecule has 7 heterocycles. The molecule has 3 saturated heterocycles. The second kappa shape index (κ2) is 11.5. The van der Waals surface area contributed by atoms with Gasteiger partial charge in [0.25, 0.3) is 17.5 Å². The van der Waals surface area contributed by atoms with Crippen molar-refractivity contribution in [3.63, 3.8) is 0 Å². The van der Waals surface area contributed by atoms with Crippen LogP contribution in [0.3, 0.4) is 0 Å². The van der Waals surface area contributed by atoms with Crippen LogP contribution in [-0.4, -0.2) is 78.6 Å². The third kappa shape index (κ3) is 5.13. The molecule has 49 heavy (non-hydrogen) atoms. The number of H-pyrrole nitrogens is 2. The van der Waals surface area contributed by atoms with Crippen LogP contribution in [0.4, 0.5) is 8.78 Å². The molecule has 1 spiro atoms. The highest BCUT2D eigenvalue weighted by molar-refractivity contribution is 6.33. The number of hydrogen-bond donors (Lipinski definition) is 3. The first-order valence-electron chi connectivity index (χ1n) is 17.1. The number of rotatable bonds is 8. The predicted molar refractivity (Wildman–Crippen MR) is 177 cm³/mol. The Labute approximate surface area is 284 Å². The van der Waals surface area contributed by atoms with Crippen molar-refractivity contribution in [1.29, 1.82) is 0 Å². The van der Waals surface area contributed by atoms with Gasteiger partial charge in [-0.2, -0.15) is 10.1 Å². The molecule has 3 N–H and O–H groups in total. The molecule has 12 nitrogen and oxygen atoms in total. The zero-order valence-corrected chi connectivity index (χ0v) is 27.6. The maximum Gasteiger partial charge on any atom is 0.297 e. The highest BCUT2D eigenvalue weighted by Gasteiger charge is 2.59. The SMILES string of the molecule is O=c1[nH]c(OCC23CCCN2CCC3)nc2c(F)c(-c3c(CCc4nnc(C5(F)CC6(CCCNC6)C5)o4)c(Cl)cc4[nH]ncc34)ncc12. The first kappa shape index (κ1) is 31.0. The standard InChI is InChI=1S/C34H36ClF2N9O3/c35-22-12-23-20(14-40-43-23)25(19(22)4-5-24-44-45-30(49-24)34(37)15-32(16-34)6-1-9-38-17-32)28-26(36)27-21(13-39-28)29(47)42-31(41-27)48-18-33-7-2-10-46(33)11-3-8-33/h12-14,38H,1-11,15-18H2,(H,40,43)(H,41,42,47). The zero-order chi connectivity index (χ0) is 33.4. The molecule has 4 fully saturated rings. The van der Waals surface area contributed by atoms with Gasteiger partial charge in [0, 0.05) is 35.1 Å². The molecule has 256 valence electrons. The zero-order valence-electron chi connectivity index (χ0n) is 26.9. The molecule has 0 atom stereocenters. The Kier molecular flexibility index (Phi) is 7.29. The van der Waals surface area contributed by atoms with Crippen LogP contribution >= 0.6 is 11.6 Å². The molecule has 0 unspecified atom stereocenters. The molecule has 4 aliphatic rings. The molecule has 1 aliphatic carbocycles. The molecule has 1 aromatic carbocycles. The van der Waals surface area contributed by atoms with Crippen LogP contribution in [0.15, 0.2) is 27.7 Å². The van der Waals surface area contributed by atoms with Gasteiger partial charge >= 0.3 is 0 Å². The Hall–Kier alpha value is -4.01. The number of aromatic amines is 2. The fourth-order valence-electron chi connectivity index (χ4n) is 8.96. The van der Waals surface area contributed by atoms with E-state index in [0.717, 1.165) is 64.7 Å². The van der Waals surface area contributed by atoms with E-state index in [4.69, 9.17) is 20.8 Å². The quantitative estimate of drug-likeness (QED) is 0.199. The maximum absolute atomic E-state index is 16.6. The first-order valence-corrected chi connectivity index (χ1v) is 17.5. The number of piperidine rings is 1. The van der Waals surface area contributed by atoms with Gasteiger partial charge in [0.1, 0.15) is 17.8 Å². The van der Waals surface area contributed by atoms with E-state index in [0.29, 0.717) is 46.5 Å². The van der Waals surface area contributed by atoms with Crippen LogP contribution in [0.2, 0.25) is 5.02 Å². The summed E-state index contributed by atoms with van der Waals surface area (Å²) in [6.45, 7) is 4.19. The number of benzene rings is 1. The summed E-state index contributed by atoms with van der Waals surface area (Å²) in [6.07, 6.45) is 10.4. The molecular weight excluding hydrogens is 656 g/mol. The van der Waals surface area contributed by atoms with Crippen LogP contribution in [-0.2, 0) is 18.5 Å². The lowest BCUT2D eigenvalue weighted by Crippen LogP contribution is -2.54. The number of aryl methyl sites for hydroxylation is 1. The lowest BCUT2D eigenvalue weighted by atomic mass is 9.57. The molecule has 15 heteroatoms. The third-order valence-electron chi connectivity index (χ3n) is 11.3. The Morgan fingerprint density at radius 2 is 1.90 bits per heavy atom. The number of halogens is 3. The largest absolute Gasteiger partial charge is 0.463 e. The summed E-state index contributed by atoms with van der Waals surface area (Å²) in [5, 5.41) is 19.6. The highest BCUT2D eigenvalue weighted by atomic mass is 35.5. The highest BCUT2D eigenvalue weighted by Crippen LogP contribution is 2.59. The maximum atomic E-state index is 16.6. The molecule has 0 bridgehead atoms. The van der Waals surface area contributed by atoms with Crippen molar-refractivity contribution in [1.82, 2.24) is 45.6 Å². The lowest BCUT2D eigenvalue weighted by Gasteiger charge is -2.52. The van der Waals surface area contributed by atoms with Gasteiger partial charge < -0.3 is 14.5 Å². The minimum Gasteiger partial charge on any atom is -0.463 e. The minimum absolute atomic E-state index is 0.0000332. The topological polar surface area (TPSA) is 151 Å². The normalized spacial score (nSPS) is 25.0. The van der Waals surface area contributed by atoms with E-state index in [1.54, 1.807) is 12.3 Å². The summed E-state index contributed by atoms with van der Waals surface area (Å²) in [4.78, 5) is 27.0. The number of nitrogens with one attached hydrogen (secondary N) is 3. The summed E-state index contributed by atoms with van der Waals surface area (Å²) in [5.74, 6) is -0.523. The average Bonchev–Trinajstić information content (AvgIpc) is 3.88. The Morgan fingerprint density at radius 3 is 2.69 bits per heavy atom. The van der Waals surface area contributed by atoms with E-state index >= 15 is 8.78 Å². The Bertz CT molecular complexity index is 2120. The van der Waals surface area contributed by atoms with Gasteiger partial charge in [0.05, 0.1) is 22.6 Å². The van der Waals surface area contributed by atoms with Crippen molar-refractivity contribution in [2.24, 2.45) is 5.41 Å². The van der Waals surface area contributed by atoms with Gasteiger partial charge in [0.2, 0.25) is 5.89 Å². The molecular formula is C34H36ClF2N9O3. The van der Waals surface area contributed by atoms with Gasteiger partial charge in [-0.1, -0.05) is 11.6 Å². The minimum atomic E-state index is -1.64. The lowest BCUT2D eigenvalue weighted by molar-refractivity contribution is -0.101. The van der Waals surface area contributed by atoms with Crippen molar-refractivity contribution in [2.75, 3.05) is 32.8 Å². The van der Waals surface area contributed by atoms with E-state index < -0.39 is 17.0 Å². The van der Waals surface area contributed by atoms with E-state index in [2.05, 4.69) is 45.6 Å². The van der Waals surface area contributed by atoms with E-state index in [1.165, 1.54) is 6.20 Å². The predicted octanol–water partition coefficient (Wildman–Crippen LogP) is 5.16. The summed E-state index contributed by atoms with van der Waals surface area (Å²) >= 11 is 6.82. The smallest absolute Gasteiger partial charge is 0.297 e. The monoisotopic (exact) mass is 691 g/mol. The van der Waals surface area contributed by atoms with Crippen LogP contribution in [0, 0.1) is 11.2 Å². The Morgan fingerprint density at radius 1 is 1.06 bits per heavy atom. The fraction of sp³-hybridized carbons (Fsp3) is 0.529. The van der Waals surface area contributed by atoms with Gasteiger partial charge in [-0.05, 0) is 94.5 Å². The van der Waals surface area contributed by atoms with Crippen molar-refractivity contribution in [3.05, 3.63) is 57.0 Å². The van der Waals surface area contributed by atoms with E-state index in [9.17, 15) is 4.79 Å². The van der Waals surface area contributed by atoms with Gasteiger partial charge in [-0.25, -0.2) is 8.78 Å². The van der Waals surface area contributed by atoms with Crippen LogP contribution < -0.4 is 15.6 Å². The summed E-state index contributed by atoms with van der Waals surface area (Å²) in [6, 6.07) is 1.68. The molecule has 0 amide bonds. The number of pyridine rings is 1. The average molecular weight is 692 g/mol. The summed E-state index contributed by atoms with van der Waals surface area (Å²) in [7, 11) is 0. The van der Waals surface area contributed by atoms with Gasteiger partial charge in [-0.3, -0.25) is 24.8 Å². The second-order valence-corrected chi connectivity index (χ2v) is 14.8. The van der Waals surface area contributed by atoms with Crippen molar-refractivity contribution in [2.45, 2.75) is 75.4 Å². The second-order valence-electron chi connectivity index (χ2n) is 14.4. The third-order valence-corrected chi connectivity index (χ3v) is 11.6. The Balaban J connectivity index is 1.02. The van der Waals surface area contributed by atoms with Gasteiger partial charge in [-0.15, -0.1) is 10.2 Å². The summed E-state index contributed by atoms with van der Waals surface area (Å²) in [5.41, 5.74) is -0.947. The summed E-state index contributed by atoms with van der Waals surface area (Å²) < 4.78 is 44.3. The molecule has 9 rings (SSSR count). The fourth-order valence-corrected chi connectivity index (χ4v) is 9.26. The van der Waals surface area contributed by atoms with Crippen LogP contribution in [0.1, 0.15) is 68.7 Å². The van der Waals surface area contributed by atoms with Crippen LogP contribution in [0.5, 0.6) is 6.01 Å². The first-order chi connectivity index (χ1) is 23.7. The molecule has 1 saturated carbocycles. The molecule has 3 aliphatic heterocycles.